The maximum absolute atomic E-state index is 14.4. The molecule has 0 aliphatic rings. The largest absolute Gasteiger partial charge is 0.335 e. The topological polar surface area (TPSA) is 75.2 Å². The Morgan fingerprint density at radius 2 is 1.52 bits per heavy atom. The lowest BCUT2D eigenvalue weighted by molar-refractivity contribution is 0.629. The SMILES string of the molecule is Fc1cc2c(cc1Cl)nc(-c1nc3ccccc3[nH]1)n2-c1nc2cc(Cl)c(Cl)cc2[nH]1. The molecule has 6 aromatic rings. The first-order chi connectivity index (χ1) is 15.0. The van der Waals surface area contributed by atoms with E-state index in [0.717, 1.165) is 11.0 Å². The first-order valence-corrected chi connectivity index (χ1v) is 10.3. The molecule has 0 unspecified atom stereocenters. The van der Waals surface area contributed by atoms with E-state index in [-0.39, 0.29) is 5.02 Å². The van der Waals surface area contributed by atoms with Gasteiger partial charge in [0.1, 0.15) is 5.82 Å². The van der Waals surface area contributed by atoms with Crippen LogP contribution in [0.25, 0.3) is 50.7 Å². The van der Waals surface area contributed by atoms with Crippen LogP contribution < -0.4 is 0 Å². The Bertz CT molecular complexity index is 1580. The van der Waals surface area contributed by atoms with Crippen molar-refractivity contribution in [1.82, 2.24) is 29.5 Å². The molecule has 3 heterocycles. The number of imidazole rings is 3. The Morgan fingerprint density at radius 3 is 2.35 bits per heavy atom. The van der Waals surface area contributed by atoms with Gasteiger partial charge in [0.05, 0.1) is 48.2 Å². The van der Waals surface area contributed by atoms with E-state index in [0.29, 0.717) is 49.7 Å². The molecule has 0 bridgehead atoms. The average molecular weight is 472 g/mol. The molecule has 0 aliphatic heterocycles. The van der Waals surface area contributed by atoms with E-state index in [1.54, 1.807) is 16.7 Å². The van der Waals surface area contributed by atoms with Crippen molar-refractivity contribution in [3.63, 3.8) is 0 Å². The van der Waals surface area contributed by atoms with Gasteiger partial charge in [0, 0.05) is 6.07 Å². The molecule has 6 nitrogen and oxygen atoms in total. The Balaban J connectivity index is 1.68. The quantitative estimate of drug-likeness (QED) is 0.301. The van der Waals surface area contributed by atoms with Crippen molar-refractivity contribution in [3.05, 3.63) is 69.4 Å². The molecule has 6 rings (SSSR count). The predicted molar refractivity (Wildman–Crippen MR) is 121 cm³/mol. The first-order valence-electron chi connectivity index (χ1n) is 9.16. The van der Waals surface area contributed by atoms with Crippen LogP contribution in [0.4, 0.5) is 4.39 Å². The van der Waals surface area contributed by atoms with Gasteiger partial charge in [0.2, 0.25) is 5.95 Å². The minimum atomic E-state index is -0.561. The fourth-order valence-corrected chi connectivity index (χ4v) is 4.08. The summed E-state index contributed by atoms with van der Waals surface area (Å²) in [6, 6.07) is 13.8. The van der Waals surface area contributed by atoms with Crippen molar-refractivity contribution in [1.29, 1.82) is 0 Å². The highest BCUT2D eigenvalue weighted by atomic mass is 35.5. The summed E-state index contributed by atoms with van der Waals surface area (Å²) in [6.07, 6.45) is 0. The van der Waals surface area contributed by atoms with E-state index < -0.39 is 5.82 Å². The summed E-state index contributed by atoms with van der Waals surface area (Å²) in [5.41, 5.74) is 3.89. The second-order valence-electron chi connectivity index (χ2n) is 6.97. The molecule has 0 atom stereocenters. The van der Waals surface area contributed by atoms with Crippen LogP contribution in [-0.2, 0) is 0 Å². The summed E-state index contributed by atoms with van der Waals surface area (Å²) < 4.78 is 16.1. The lowest BCUT2D eigenvalue weighted by Gasteiger charge is -2.04. The second kappa shape index (κ2) is 6.68. The van der Waals surface area contributed by atoms with Gasteiger partial charge in [-0.1, -0.05) is 46.9 Å². The average Bonchev–Trinajstić information content (AvgIpc) is 3.43. The lowest BCUT2D eigenvalue weighted by atomic mass is 10.3. The smallest absolute Gasteiger partial charge is 0.214 e. The number of nitrogens with one attached hydrogen (secondary N) is 2. The molecule has 3 aromatic heterocycles. The van der Waals surface area contributed by atoms with Gasteiger partial charge in [-0.15, -0.1) is 0 Å². The fourth-order valence-electron chi connectivity index (χ4n) is 3.60. The number of fused-ring (bicyclic) bond motifs is 3. The Labute approximate surface area is 188 Å². The monoisotopic (exact) mass is 470 g/mol. The van der Waals surface area contributed by atoms with E-state index in [1.165, 1.54) is 12.1 Å². The number of rotatable bonds is 2. The Morgan fingerprint density at radius 1 is 0.742 bits per heavy atom. The maximum atomic E-state index is 14.4. The Hall–Kier alpha value is -3.13. The molecule has 0 fully saturated rings. The van der Waals surface area contributed by atoms with Gasteiger partial charge in [-0.25, -0.2) is 19.3 Å². The van der Waals surface area contributed by atoms with Gasteiger partial charge in [-0.05, 0) is 30.3 Å². The highest BCUT2D eigenvalue weighted by molar-refractivity contribution is 6.42. The van der Waals surface area contributed by atoms with Gasteiger partial charge >= 0.3 is 0 Å². The highest BCUT2D eigenvalue weighted by Crippen LogP contribution is 2.32. The molecular formula is C21H10Cl3FN6. The van der Waals surface area contributed by atoms with E-state index in [2.05, 4.69) is 24.9 Å². The number of H-pyrrole nitrogens is 2. The van der Waals surface area contributed by atoms with Crippen molar-refractivity contribution < 1.29 is 4.39 Å². The normalized spacial score (nSPS) is 11.9. The third-order valence-electron chi connectivity index (χ3n) is 5.02. The van der Waals surface area contributed by atoms with Crippen molar-refractivity contribution in [2.24, 2.45) is 0 Å². The lowest BCUT2D eigenvalue weighted by Crippen LogP contribution is -2.01. The summed E-state index contributed by atoms with van der Waals surface area (Å²) in [6.45, 7) is 0. The molecule has 0 radical (unpaired) electrons. The molecular weight excluding hydrogens is 462 g/mol. The number of hydrogen-bond acceptors (Lipinski definition) is 3. The van der Waals surface area contributed by atoms with Crippen LogP contribution in [0.3, 0.4) is 0 Å². The third kappa shape index (κ3) is 2.89. The number of hydrogen-bond donors (Lipinski definition) is 2. The summed E-state index contributed by atoms with van der Waals surface area (Å²) in [5.74, 6) is 0.802. The first kappa shape index (κ1) is 18.6. The molecule has 10 heteroatoms. The van der Waals surface area contributed by atoms with Gasteiger partial charge in [-0.3, -0.25) is 4.57 Å². The molecule has 3 aromatic carbocycles. The van der Waals surface area contributed by atoms with Crippen LogP contribution in [0.1, 0.15) is 0 Å². The minimum absolute atomic E-state index is 0.0172. The third-order valence-corrected chi connectivity index (χ3v) is 6.03. The van der Waals surface area contributed by atoms with Crippen molar-refractivity contribution >= 4 is 67.9 Å². The maximum Gasteiger partial charge on any atom is 0.214 e. The summed E-state index contributed by atoms with van der Waals surface area (Å²) in [4.78, 5) is 20.4. The number of benzene rings is 3. The number of halogens is 4. The minimum Gasteiger partial charge on any atom is -0.335 e. The van der Waals surface area contributed by atoms with Crippen molar-refractivity contribution in [3.8, 4) is 17.6 Å². The standard InChI is InChI=1S/C21H10Cl3FN6/c22-9-5-15-16(6-10(9)23)30-21(29-15)31-18-8-12(25)11(24)7-17(18)28-20(31)19-26-13-3-1-2-4-14(13)27-19/h1-8H,(H,26,27)(H,29,30). The van der Waals surface area contributed by atoms with Crippen molar-refractivity contribution in [2.75, 3.05) is 0 Å². The van der Waals surface area contributed by atoms with Gasteiger partial charge in [-0.2, -0.15) is 0 Å². The van der Waals surface area contributed by atoms with E-state index in [9.17, 15) is 4.39 Å². The van der Waals surface area contributed by atoms with Gasteiger partial charge < -0.3 is 9.97 Å². The van der Waals surface area contributed by atoms with Gasteiger partial charge in [0.25, 0.3) is 0 Å². The second-order valence-corrected chi connectivity index (χ2v) is 8.19. The number of para-hydroxylation sites is 2. The van der Waals surface area contributed by atoms with Crippen LogP contribution in [0.5, 0.6) is 0 Å². The molecule has 0 saturated carbocycles. The van der Waals surface area contributed by atoms with Crippen molar-refractivity contribution in [2.45, 2.75) is 0 Å². The molecule has 0 spiro atoms. The molecule has 2 N–H and O–H groups in total. The zero-order valence-electron chi connectivity index (χ0n) is 15.4. The van der Waals surface area contributed by atoms with Crippen LogP contribution in [-0.4, -0.2) is 29.5 Å². The zero-order valence-corrected chi connectivity index (χ0v) is 17.7. The summed E-state index contributed by atoms with van der Waals surface area (Å²) >= 11 is 18.3. The van der Waals surface area contributed by atoms with Gasteiger partial charge in [0.15, 0.2) is 11.6 Å². The molecule has 0 amide bonds. The fraction of sp³-hybridized carbons (Fsp3) is 0. The van der Waals surface area contributed by atoms with Crippen LogP contribution in [0.2, 0.25) is 15.1 Å². The van der Waals surface area contributed by atoms with Crippen LogP contribution >= 0.6 is 34.8 Å². The number of nitrogens with zero attached hydrogens (tertiary/aromatic N) is 4. The predicted octanol–water partition coefficient (Wildman–Crippen LogP) is 6.54. The molecule has 0 aliphatic carbocycles. The molecule has 152 valence electrons. The van der Waals surface area contributed by atoms with E-state index in [4.69, 9.17) is 34.8 Å². The zero-order chi connectivity index (χ0) is 21.3. The molecule has 31 heavy (non-hydrogen) atoms. The molecule has 0 saturated heterocycles. The number of aromatic amines is 2. The van der Waals surface area contributed by atoms with Crippen LogP contribution in [0, 0.1) is 5.82 Å². The highest BCUT2D eigenvalue weighted by Gasteiger charge is 2.21. The van der Waals surface area contributed by atoms with E-state index >= 15 is 0 Å². The van der Waals surface area contributed by atoms with E-state index in [1.807, 2.05) is 24.3 Å². The summed E-state index contributed by atoms with van der Waals surface area (Å²) in [5, 5.41) is 0.768. The summed E-state index contributed by atoms with van der Waals surface area (Å²) in [7, 11) is 0. The Kier molecular flexibility index (Phi) is 4.02. The number of aromatic nitrogens is 6. The van der Waals surface area contributed by atoms with Crippen LogP contribution in [0.15, 0.2) is 48.5 Å².